The summed E-state index contributed by atoms with van der Waals surface area (Å²) in [5, 5.41) is 3.90. The Labute approximate surface area is 267 Å². The van der Waals surface area contributed by atoms with Gasteiger partial charge in [-0.3, -0.25) is 13.9 Å². The zero-order chi connectivity index (χ0) is 31.4. The van der Waals surface area contributed by atoms with Gasteiger partial charge in [0, 0.05) is 12.1 Å². The van der Waals surface area contributed by atoms with E-state index >= 15 is 0 Å². The molecule has 12 heteroatoms. The summed E-state index contributed by atoms with van der Waals surface area (Å²) in [4.78, 5) is 28.9. The van der Waals surface area contributed by atoms with Crippen molar-refractivity contribution in [2.45, 2.75) is 64.1 Å². The largest absolute Gasteiger partial charge is 0.350 e. The maximum Gasteiger partial charge on any atom is 0.264 e. The number of anilines is 1. The molecule has 0 spiro atoms. The molecule has 0 aliphatic heterocycles. The van der Waals surface area contributed by atoms with E-state index in [2.05, 4.69) is 5.32 Å². The topological polar surface area (TPSA) is 86.8 Å². The van der Waals surface area contributed by atoms with Gasteiger partial charge < -0.3 is 10.2 Å². The Bertz CT molecular complexity index is 1560. The van der Waals surface area contributed by atoms with Gasteiger partial charge in [0.15, 0.2) is 0 Å². The number of aryl methyl sites for hydroxylation is 1. The highest BCUT2D eigenvalue weighted by molar-refractivity contribution is 7.92. The maximum absolute atomic E-state index is 14.2. The number of nitrogens with zero attached hydrogens (tertiary/aromatic N) is 2. The van der Waals surface area contributed by atoms with Crippen LogP contribution in [0.2, 0.25) is 20.1 Å². The molecule has 3 rings (SSSR count). The van der Waals surface area contributed by atoms with Crippen LogP contribution in [0, 0.1) is 6.92 Å². The minimum Gasteiger partial charge on any atom is -0.350 e. The summed E-state index contributed by atoms with van der Waals surface area (Å²) in [5.74, 6) is -0.986. The van der Waals surface area contributed by atoms with Crippen LogP contribution in [-0.2, 0) is 26.2 Å². The highest BCUT2D eigenvalue weighted by Crippen LogP contribution is 2.31. The van der Waals surface area contributed by atoms with Gasteiger partial charge in [0.25, 0.3) is 10.0 Å². The summed E-state index contributed by atoms with van der Waals surface area (Å²) < 4.78 is 28.9. The van der Waals surface area contributed by atoms with Crippen LogP contribution in [0.25, 0.3) is 0 Å². The number of benzene rings is 3. The first-order valence-corrected chi connectivity index (χ1v) is 16.1. The van der Waals surface area contributed by atoms with Crippen LogP contribution < -0.4 is 9.62 Å². The Morgan fingerprint density at radius 3 is 1.95 bits per heavy atom. The summed E-state index contributed by atoms with van der Waals surface area (Å²) in [5.41, 5.74) is 1.06. The average Bonchev–Trinajstić information content (AvgIpc) is 2.90. The highest BCUT2D eigenvalue weighted by Gasteiger charge is 2.35. The second-order valence-corrected chi connectivity index (χ2v) is 14.3. The van der Waals surface area contributed by atoms with Crippen LogP contribution in [-0.4, -0.2) is 43.3 Å². The molecule has 42 heavy (non-hydrogen) atoms. The average molecular weight is 673 g/mol. The number of hydrogen-bond donors (Lipinski definition) is 1. The third kappa shape index (κ3) is 8.54. The molecular weight excluding hydrogens is 640 g/mol. The van der Waals surface area contributed by atoms with Gasteiger partial charge >= 0.3 is 0 Å². The summed E-state index contributed by atoms with van der Waals surface area (Å²) in [7, 11) is -4.25. The van der Waals surface area contributed by atoms with Gasteiger partial charge in [0.1, 0.15) is 12.6 Å². The smallest absolute Gasteiger partial charge is 0.264 e. The molecule has 0 aliphatic carbocycles. The van der Waals surface area contributed by atoms with E-state index in [-0.39, 0.29) is 44.5 Å². The van der Waals surface area contributed by atoms with Crippen molar-refractivity contribution < 1.29 is 18.0 Å². The number of halogens is 4. The molecule has 2 amide bonds. The molecule has 0 saturated carbocycles. The van der Waals surface area contributed by atoms with Crippen molar-refractivity contribution in [1.82, 2.24) is 10.2 Å². The van der Waals surface area contributed by atoms with Crippen LogP contribution in [0.3, 0.4) is 0 Å². The Hall–Kier alpha value is -2.49. The van der Waals surface area contributed by atoms with Crippen LogP contribution in [0.1, 0.15) is 45.2 Å². The lowest BCUT2D eigenvalue weighted by Gasteiger charge is -2.35. The Morgan fingerprint density at radius 2 is 1.43 bits per heavy atom. The normalized spacial score (nSPS) is 12.5. The fraction of sp³-hybridized carbons (Fsp3) is 0.333. The predicted octanol–water partition coefficient (Wildman–Crippen LogP) is 7.53. The van der Waals surface area contributed by atoms with E-state index in [0.29, 0.717) is 10.6 Å². The van der Waals surface area contributed by atoms with Crippen molar-refractivity contribution in [3.63, 3.8) is 0 Å². The molecule has 0 radical (unpaired) electrons. The first-order valence-electron chi connectivity index (χ1n) is 13.1. The molecule has 1 N–H and O–H groups in total. The molecule has 0 unspecified atom stereocenters. The van der Waals surface area contributed by atoms with Crippen molar-refractivity contribution in [2.75, 3.05) is 10.8 Å². The van der Waals surface area contributed by atoms with Crippen molar-refractivity contribution in [1.29, 1.82) is 0 Å². The molecule has 0 aliphatic rings. The molecule has 1 atom stereocenters. The summed E-state index contributed by atoms with van der Waals surface area (Å²) in [6, 6.07) is 14.6. The molecule has 0 saturated heterocycles. The van der Waals surface area contributed by atoms with Crippen molar-refractivity contribution in [3.05, 3.63) is 91.9 Å². The van der Waals surface area contributed by atoms with Crippen LogP contribution in [0.4, 0.5) is 5.69 Å². The quantitative estimate of drug-likeness (QED) is 0.241. The lowest BCUT2D eigenvalue weighted by atomic mass is 10.1. The summed E-state index contributed by atoms with van der Waals surface area (Å²) in [6.45, 7) is 8.49. The molecular formula is C30H33Cl4N3O4S. The van der Waals surface area contributed by atoms with E-state index in [0.717, 1.165) is 9.87 Å². The molecule has 0 bridgehead atoms. The van der Waals surface area contributed by atoms with Crippen molar-refractivity contribution in [3.8, 4) is 0 Å². The van der Waals surface area contributed by atoms with Crippen LogP contribution >= 0.6 is 46.4 Å². The zero-order valence-electron chi connectivity index (χ0n) is 23.9. The van der Waals surface area contributed by atoms with E-state index in [1.165, 1.54) is 35.2 Å². The lowest BCUT2D eigenvalue weighted by Crippen LogP contribution is -2.55. The second kappa shape index (κ2) is 13.9. The minimum atomic E-state index is -4.25. The molecule has 226 valence electrons. The molecule has 0 heterocycles. The van der Waals surface area contributed by atoms with Crippen LogP contribution in [0.15, 0.2) is 65.6 Å². The summed E-state index contributed by atoms with van der Waals surface area (Å²) >= 11 is 24.7. The van der Waals surface area contributed by atoms with Crippen molar-refractivity contribution >= 4 is 73.9 Å². The van der Waals surface area contributed by atoms with E-state index in [4.69, 9.17) is 46.4 Å². The van der Waals surface area contributed by atoms with Gasteiger partial charge in [0.2, 0.25) is 11.8 Å². The van der Waals surface area contributed by atoms with Gasteiger partial charge in [-0.25, -0.2) is 8.42 Å². The third-order valence-electron chi connectivity index (χ3n) is 6.30. The Kier molecular flexibility index (Phi) is 11.2. The highest BCUT2D eigenvalue weighted by atomic mass is 35.5. The Balaban J connectivity index is 2.11. The number of carbonyl (C=O) groups excluding carboxylic acids is 2. The van der Waals surface area contributed by atoms with E-state index in [9.17, 15) is 18.0 Å². The van der Waals surface area contributed by atoms with Gasteiger partial charge in [-0.1, -0.05) is 77.1 Å². The lowest BCUT2D eigenvalue weighted by molar-refractivity contribution is -0.141. The first-order chi connectivity index (χ1) is 19.5. The van der Waals surface area contributed by atoms with Crippen molar-refractivity contribution in [2.24, 2.45) is 0 Å². The number of rotatable bonds is 10. The zero-order valence-corrected chi connectivity index (χ0v) is 27.8. The Morgan fingerprint density at radius 1 is 0.857 bits per heavy atom. The fourth-order valence-electron chi connectivity index (χ4n) is 4.21. The van der Waals surface area contributed by atoms with Gasteiger partial charge in [-0.2, -0.15) is 0 Å². The molecule has 3 aromatic carbocycles. The summed E-state index contributed by atoms with van der Waals surface area (Å²) in [6.07, 6.45) is 0.270. The molecule has 3 aromatic rings. The molecule has 0 aromatic heterocycles. The number of amides is 2. The fourth-order valence-corrected chi connectivity index (χ4v) is 6.23. The van der Waals surface area contributed by atoms with E-state index in [1.54, 1.807) is 37.3 Å². The number of sulfonamides is 1. The van der Waals surface area contributed by atoms with E-state index in [1.807, 2.05) is 27.7 Å². The molecule has 7 nitrogen and oxygen atoms in total. The standard InChI is InChI=1S/C30H33Cl4N3O4S/c1-6-27(29(39)35-30(3,4)5)36(17-20-9-13-23(31)25(33)15-20)28(38)18-37(21-10-14-24(32)26(34)16-21)42(40,41)22-11-7-19(2)8-12-22/h7-16,27H,6,17-18H2,1-5H3,(H,35,39)/t27-/m0/s1. The maximum atomic E-state index is 14.2. The monoisotopic (exact) mass is 671 g/mol. The van der Waals surface area contributed by atoms with Crippen LogP contribution in [0.5, 0.6) is 0 Å². The van der Waals surface area contributed by atoms with Gasteiger partial charge in [-0.05, 0) is 82.1 Å². The second-order valence-electron chi connectivity index (χ2n) is 10.9. The van der Waals surface area contributed by atoms with Gasteiger partial charge in [-0.15, -0.1) is 0 Å². The minimum absolute atomic E-state index is 0.0134. The van der Waals surface area contributed by atoms with E-state index < -0.39 is 34.1 Å². The third-order valence-corrected chi connectivity index (χ3v) is 9.57. The van der Waals surface area contributed by atoms with Gasteiger partial charge in [0.05, 0.1) is 30.7 Å². The number of hydrogen-bond acceptors (Lipinski definition) is 4. The predicted molar refractivity (Wildman–Crippen MR) is 171 cm³/mol. The SMILES string of the molecule is CC[C@@H](C(=O)NC(C)(C)C)N(Cc1ccc(Cl)c(Cl)c1)C(=O)CN(c1ccc(Cl)c(Cl)c1)S(=O)(=O)c1ccc(C)cc1. The molecule has 0 fully saturated rings. The first kappa shape index (κ1) is 34.0. The number of carbonyl (C=O) groups is 2. The number of nitrogens with one attached hydrogen (secondary N) is 1.